The Bertz CT molecular complexity index is 511. The number of halogens is 1. The van der Waals surface area contributed by atoms with Gasteiger partial charge in [-0.15, -0.1) is 0 Å². The minimum atomic E-state index is 0.183. The summed E-state index contributed by atoms with van der Waals surface area (Å²) in [5.74, 6) is 0. The molecular weight excluding hydrogens is 222 g/mol. The number of rotatable bonds is 3. The molecule has 0 aliphatic carbocycles. The van der Waals surface area contributed by atoms with E-state index in [2.05, 4.69) is 11.1 Å². The first-order chi connectivity index (χ1) is 7.72. The van der Waals surface area contributed by atoms with Gasteiger partial charge in [-0.3, -0.25) is 0 Å². The molecule has 0 radical (unpaired) electrons. The fourth-order valence-electron chi connectivity index (χ4n) is 1.81. The van der Waals surface area contributed by atoms with Crippen molar-refractivity contribution >= 4 is 22.5 Å². The number of fused-ring (bicyclic) bond motifs is 1. The average molecular weight is 236 g/mol. The number of aromatic nitrogens is 1. The number of hydrogen-bond acceptors (Lipinski definition) is 2. The van der Waals surface area contributed by atoms with Gasteiger partial charge in [0, 0.05) is 12.0 Å². The van der Waals surface area contributed by atoms with E-state index < -0.39 is 0 Å². The van der Waals surface area contributed by atoms with E-state index in [1.54, 1.807) is 0 Å². The molecule has 0 aliphatic heterocycles. The van der Waals surface area contributed by atoms with E-state index in [0.717, 1.165) is 34.9 Å². The van der Waals surface area contributed by atoms with Crippen LogP contribution in [0.2, 0.25) is 5.15 Å². The third-order valence-corrected chi connectivity index (χ3v) is 3.01. The van der Waals surface area contributed by atoms with Crippen molar-refractivity contribution in [2.45, 2.75) is 19.8 Å². The maximum atomic E-state index is 8.81. The van der Waals surface area contributed by atoms with Crippen molar-refractivity contribution < 1.29 is 5.11 Å². The minimum Gasteiger partial charge on any atom is -0.396 e. The lowest BCUT2D eigenvalue weighted by molar-refractivity contribution is 0.288. The first kappa shape index (κ1) is 11.4. The Morgan fingerprint density at radius 3 is 2.94 bits per heavy atom. The number of aliphatic hydroxyl groups is 1. The van der Waals surface area contributed by atoms with E-state index in [1.165, 1.54) is 0 Å². The molecule has 0 aliphatic rings. The second-order valence-electron chi connectivity index (χ2n) is 3.91. The van der Waals surface area contributed by atoms with Gasteiger partial charge in [0.15, 0.2) is 0 Å². The van der Waals surface area contributed by atoms with Gasteiger partial charge in [0.2, 0.25) is 0 Å². The van der Waals surface area contributed by atoms with E-state index in [-0.39, 0.29) is 6.61 Å². The average Bonchev–Trinajstić information content (AvgIpc) is 2.28. The lowest BCUT2D eigenvalue weighted by Gasteiger charge is -2.06. The molecule has 16 heavy (non-hydrogen) atoms. The molecule has 84 valence electrons. The van der Waals surface area contributed by atoms with Gasteiger partial charge in [-0.1, -0.05) is 29.8 Å². The molecule has 0 atom stereocenters. The third-order valence-electron chi connectivity index (χ3n) is 2.68. The molecule has 2 rings (SSSR count). The highest BCUT2D eigenvalue weighted by Gasteiger charge is 2.05. The van der Waals surface area contributed by atoms with Gasteiger partial charge in [-0.25, -0.2) is 4.98 Å². The molecule has 1 heterocycles. The predicted molar refractivity (Wildman–Crippen MR) is 66.9 cm³/mol. The van der Waals surface area contributed by atoms with Crippen LogP contribution in [0.4, 0.5) is 0 Å². The molecule has 0 saturated carbocycles. The van der Waals surface area contributed by atoms with Crippen molar-refractivity contribution in [2.24, 2.45) is 0 Å². The molecule has 0 saturated heterocycles. The zero-order valence-electron chi connectivity index (χ0n) is 9.20. The van der Waals surface area contributed by atoms with E-state index in [4.69, 9.17) is 16.7 Å². The Morgan fingerprint density at radius 2 is 2.19 bits per heavy atom. The SMILES string of the molecule is Cc1cccc2cc(CCCO)c(Cl)nc12. The summed E-state index contributed by atoms with van der Waals surface area (Å²) < 4.78 is 0. The molecular formula is C13H14ClNO. The van der Waals surface area contributed by atoms with Crippen molar-refractivity contribution in [1.29, 1.82) is 0 Å². The van der Waals surface area contributed by atoms with Crippen molar-refractivity contribution in [3.8, 4) is 0 Å². The van der Waals surface area contributed by atoms with Crippen LogP contribution in [-0.4, -0.2) is 16.7 Å². The molecule has 1 aromatic heterocycles. The highest BCUT2D eigenvalue weighted by atomic mass is 35.5. The van der Waals surface area contributed by atoms with Crippen LogP contribution >= 0.6 is 11.6 Å². The summed E-state index contributed by atoms with van der Waals surface area (Å²) in [6.45, 7) is 2.21. The van der Waals surface area contributed by atoms with Crippen molar-refractivity contribution in [3.05, 3.63) is 40.5 Å². The van der Waals surface area contributed by atoms with Gasteiger partial charge in [0.25, 0.3) is 0 Å². The van der Waals surface area contributed by atoms with Crippen molar-refractivity contribution in [3.63, 3.8) is 0 Å². The number of nitrogens with zero attached hydrogens (tertiary/aromatic N) is 1. The summed E-state index contributed by atoms with van der Waals surface area (Å²) in [6, 6.07) is 8.14. The number of para-hydroxylation sites is 1. The fourth-order valence-corrected chi connectivity index (χ4v) is 2.05. The molecule has 1 aromatic carbocycles. The summed E-state index contributed by atoms with van der Waals surface area (Å²) >= 11 is 6.12. The van der Waals surface area contributed by atoms with Crippen LogP contribution in [0.3, 0.4) is 0 Å². The topological polar surface area (TPSA) is 33.1 Å². The minimum absolute atomic E-state index is 0.183. The Labute approximate surface area is 99.9 Å². The van der Waals surface area contributed by atoms with Gasteiger partial charge in [-0.2, -0.15) is 0 Å². The summed E-state index contributed by atoms with van der Waals surface area (Å²) in [5, 5.41) is 10.5. The second-order valence-corrected chi connectivity index (χ2v) is 4.27. The van der Waals surface area contributed by atoms with Gasteiger partial charge in [0.1, 0.15) is 5.15 Å². The van der Waals surface area contributed by atoms with Gasteiger partial charge in [-0.05, 0) is 37.0 Å². The standard InChI is InChI=1S/C13H14ClNO/c1-9-4-2-5-10-8-11(6-3-7-16)13(14)15-12(9)10/h2,4-5,8,16H,3,6-7H2,1H3. The van der Waals surface area contributed by atoms with Crippen LogP contribution in [0.1, 0.15) is 17.5 Å². The van der Waals surface area contributed by atoms with Crippen molar-refractivity contribution in [2.75, 3.05) is 6.61 Å². The van der Waals surface area contributed by atoms with Gasteiger partial charge < -0.3 is 5.11 Å². The fraction of sp³-hybridized carbons (Fsp3) is 0.308. The maximum absolute atomic E-state index is 8.81. The lowest BCUT2D eigenvalue weighted by Crippen LogP contribution is -1.94. The smallest absolute Gasteiger partial charge is 0.132 e. The third kappa shape index (κ3) is 2.18. The maximum Gasteiger partial charge on any atom is 0.132 e. The van der Waals surface area contributed by atoms with E-state index in [1.807, 2.05) is 25.1 Å². The monoisotopic (exact) mass is 235 g/mol. The van der Waals surface area contributed by atoms with E-state index in [0.29, 0.717) is 5.15 Å². The zero-order valence-corrected chi connectivity index (χ0v) is 9.96. The molecule has 3 heteroatoms. The quantitative estimate of drug-likeness (QED) is 0.830. The van der Waals surface area contributed by atoms with Crippen LogP contribution in [-0.2, 0) is 6.42 Å². The van der Waals surface area contributed by atoms with Crippen molar-refractivity contribution in [1.82, 2.24) is 4.98 Å². The predicted octanol–water partition coefficient (Wildman–Crippen LogP) is 3.12. The number of benzene rings is 1. The number of aliphatic hydroxyl groups excluding tert-OH is 1. The second kappa shape index (κ2) is 4.81. The molecule has 0 spiro atoms. The van der Waals surface area contributed by atoms with Crippen LogP contribution in [0.25, 0.3) is 10.9 Å². The number of aryl methyl sites for hydroxylation is 2. The summed E-state index contributed by atoms with van der Waals surface area (Å²) in [5.41, 5.74) is 3.10. The summed E-state index contributed by atoms with van der Waals surface area (Å²) in [6.07, 6.45) is 1.49. The summed E-state index contributed by atoms with van der Waals surface area (Å²) in [7, 11) is 0. The molecule has 1 N–H and O–H groups in total. The van der Waals surface area contributed by atoms with Crippen LogP contribution in [0.5, 0.6) is 0 Å². The lowest BCUT2D eigenvalue weighted by atomic mass is 10.1. The van der Waals surface area contributed by atoms with Gasteiger partial charge in [0.05, 0.1) is 5.52 Å². The Morgan fingerprint density at radius 1 is 1.38 bits per heavy atom. The first-order valence-corrected chi connectivity index (χ1v) is 5.76. The van der Waals surface area contributed by atoms with E-state index >= 15 is 0 Å². The largest absolute Gasteiger partial charge is 0.396 e. The highest BCUT2D eigenvalue weighted by molar-refractivity contribution is 6.30. The molecule has 0 fully saturated rings. The molecule has 2 aromatic rings. The Kier molecular flexibility index (Phi) is 3.42. The summed E-state index contributed by atoms with van der Waals surface area (Å²) in [4.78, 5) is 4.41. The normalized spacial score (nSPS) is 10.9. The first-order valence-electron chi connectivity index (χ1n) is 5.38. The zero-order chi connectivity index (χ0) is 11.5. The molecule has 0 amide bonds. The Hall–Kier alpha value is -1.12. The van der Waals surface area contributed by atoms with Gasteiger partial charge >= 0.3 is 0 Å². The number of hydrogen-bond donors (Lipinski definition) is 1. The van der Waals surface area contributed by atoms with Crippen LogP contribution in [0.15, 0.2) is 24.3 Å². The molecule has 0 unspecified atom stereocenters. The van der Waals surface area contributed by atoms with E-state index in [9.17, 15) is 0 Å². The Balaban J connectivity index is 2.50. The molecule has 0 bridgehead atoms. The molecule has 2 nitrogen and oxygen atoms in total. The highest BCUT2D eigenvalue weighted by Crippen LogP contribution is 2.23. The van der Waals surface area contributed by atoms with Crippen LogP contribution in [0, 0.1) is 6.92 Å². The number of pyridine rings is 1. The van der Waals surface area contributed by atoms with Crippen LogP contribution < -0.4 is 0 Å².